The molecule has 19 heavy (non-hydrogen) atoms. The van der Waals surface area contributed by atoms with Gasteiger partial charge in [-0.15, -0.1) is 0 Å². The first-order valence-electron chi connectivity index (χ1n) is 5.61. The lowest BCUT2D eigenvalue weighted by Crippen LogP contribution is -2.12. The summed E-state index contributed by atoms with van der Waals surface area (Å²) in [5, 5.41) is 0.788. The highest BCUT2D eigenvalue weighted by molar-refractivity contribution is 7.99. The molecule has 5 nitrogen and oxygen atoms in total. The van der Waals surface area contributed by atoms with Gasteiger partial charge in [-0.1, -0.05) is 17.8 Å². The number of nitrogens with one attached hydrogen (secondary N) is 1. The molecule has 0 aliphatic rings. The summed E-state index contributed by atoms with van der Waals surface area (Å²) in [4.78, 5) is 23.7. The van der Waals surface area contributed by atoms with Gasteiger partial charge in [-0.05, 0) is 24.3 Å². The molecule has 0 aliphatic carbocycles. The van der Waals surface area contributed by atoms with Crippen molar-refractivity contribution in [2.75, 3.05) is 0 Å². The molecule has 3 N–H and O–H groups in total. The van der Waals surface area contributed by atoms with Gasteiger partial charge >= 0.3 is 0 Å². The van der Waals surface area contributed by atoms with Gasteiger partial charge in [-0.2, -0.15) is 0 Å². The van der Waals surface area contributed by atoms with Crippen LogP contribution in [0.5, 0.6) is 0 Å². The topological polar surface area (TPSA) is 84.7 Å². The quantitative estimate of drug-likeness (QED) is 0.764. The minimum Gasteiger partial charge on any atom is -0.364 e. The first-order valence-corrected chi connectivity index (χ1v) is 6.43. The molecule has 0 spiro atoms. The summed E-state index contributed by atoms with van der Waals surface area (Å²) in [5.74, 6) is -0.503. The van der Waals surface area contributed by atoms with E-state index >= 15 is 0 Å². The molecule has 0 aromatic carbocycles. The zero-order valence-corrected chi connectivity index (χ0v) is 10.6. The van der Waals surface area contributed by atoms with Crippen LogP contribution in [0.3, 0.4) is 0 Å². The van der Waals surface area contributed by atoms with E-state index in [-0.39, 0.29) is 0 Å². The van der Waals surface area contributed by atoms with Crippen molar-refractivity contribution < 1.29 is 4.79 Å². The number of carbonyl (C=O) groups is 1. The number of nitrogens with zero attached hydrogens (tertiary/aromatic N) is 2. The second-order valence-electron chi connectivity index (χ2n) is 3.86. The number of H-pyrrole nitrogens is 1. The van der Waals surface area contributed by atoms with Gasteiger partial charge in [0.25, 0.3) is 5.91 Å². The fraction of sp³-hybridized carbons (Fsp3) is 0. The van der Waals surface area contributed by atoms with Crippen LogP contribution in [0.25, 0.3) is 11.0 Å². The van der Waals surface area contributed by atoms with Crippen LogP contribution < -0.4 is 5.73 Å². The second-order valence-corrected chi connectivity index (χ2v) is 4.89. The molecule has 0 aliphatic heterocycles. The Labute approximate surface area is 113 Å². The molecule has 3 rings (SSSR count). The lowest BCUT2D eigenvalue weighted by Gasteiger charge is -2.00. The number of aromatic nitrogens is 3. The maximum atomic E-state index is 11.5. The molecule has 3 aromatic heterocycles. The van der Waals surface area contributed by atoms with Crippen LogP contribution in [0.15, 0.2) is 52.6 Å². The molecule has 3 heterocycles. The third-order valence-corrected chi connectivity index (χ3v) is 3.65. The molecule has 0 fully saturated rings. The van der Waals surface area contributed by atoms with Crippen LogP contribution in [-0.2, 0) is 0 Å². The molecule has 0 unspecified atom stereocenters. The molecule has 94 valence electrons. The highest BCUT2D eigenvalue weighted by atomic mass is 32.2. The van der Waals surface area contributed by atoms with Gasteiger partial charge in [0.05, 0.1) is 10.4 Å². The minimum atomic E-state index is -0.503. The highest BCUT2D eigenvalue weighted by Gasteiger charge is 2.17. The Morgan fingerprint density at radius 2 is 2.00 bits per heavy atom. The first-order chi connectivity index (χ1) is 9.25. The van der Waals surface area contributed by atoms with Crippen molar-refractivity contribution in [2.24, 2.45) is 5.73 Å². The summed E-state index contributed by atoms with van der Waals surface area (Å²) in [6.07, 6.45) is 3.39. The molecule has 1 amide bonds. The van der Waals surface area contributed by atoms with E-state index in [0.29, 0.717) is 10.6 Å². The van der Waals surface area contributed by atoms with Crippen LogP contribution >= 0.6 is 11.8 Å². The van der Waals surface area contributed by atoms with E-state index in [1.165, 1.54) is 11.8 Å². The Morgan fingerprint density at radius 3 is 2.74 bits per heavy atom. The fourth-order valence-corrected chi connectivity index (χ4v) is 2.76. The average Bonchev–Trinajstić information content (AvgIpc) is 2.79. The van der Waals surface area contributed by atoms with Gasteiger partial charge in [0.15, 0.2) is 0 Å². The van der Waals surface area contributed by atoms with Crippen molar-refractivity contribution >= 4 is 28.7 Å². The summed E-state index contributed by atoms with van der Waals surface area (Å²) in [7, 11) is 0. The van der Waals surface area contributed by atoms with Crippen molar-refractivity contribution in [2.45, 2.75) is 9.92 Å². The van der Waals surface area contributed by atoms with Crippen LogP contribution in [0.2, 0.25) is 0 Å². The second kappa shape index (κ2) is 4.74. The molecule has 6 heteroatoms. The summed E-state index contributed by atoms with van der Waals surface area (Å²) in [5.41, 5.74) is 7.28. The van der Waals surface area contributed by atoms with Gasteiger partial charge < -0.3 is 10.7 Å². The van der Waals surface area contributed by atoms with Gasteiger partial charge in [0.2, 0.25) is 0 Å². The molecule has 0 bridgehead atoms. The van der Waals surface area contributed by atoms with Crippen LogP contribution in [-0.4, -0.2) is 20.9 Å². The van der Waals surface area contributed by atoms with Crippen molar-refractivity contribution in [3.8, 4) is 0 Å². The van der Waals surface area contributed by atoms with Gasteiger partial charge in [-0.25, -0.2) is 4.98 Å². The lowest BCUT2D eigenvalue weighted by molar-refractivity contribution is 0.0993. The number of nitrogens with two attached hydrogens (primary N) is 1. The maximum Gasteiger partial charge on any atom is 0.266 e. The lowest BCUT2D eigenvalue weighted by atomic mass is 10.3. The summed E-state index contributed by atoms with van der Waals surface area (Å²) < 4.78 is 0. The van der Waals surface area contributed by atoms with E-state index in [4.69, 9.17) is 5.73 Å². The number of aromatic amines is 1. The molecular formula is C13H10N4OS. The smallest absolute Gasteiger partial charge is 0.266 e. The summed E-state index contributed by atoms with van der Waals surface area (Å²) >= 11 is 1.37. The molecule has 3 aromatic rings. The third-order valence-electron chi connectivity index (χ3n) is 2.60. The molecule has 0 atom stereocenters. The van der Waals surface area contributed by atoms with Gasteiger partial charge in [0, 0.05) is 12.4 Å². The zero-order chi connectivity index (χ0) is 13.2. The number of hydrogen-bond donors (Lipinski definition) is 2. The largest absolute Gasteiger partial charge is 0.364 e. The van der Waals surface area contributed by atoms with Crippen molar-refractivity contribution in [1.82, 2.24) is 15.0 Å². The Morgan fingerprint density at radius 1 is 1.16 bits per heavy atom. The van der Waals surface area contributed by atoms with E-state index in [2.05, 4.69) is 15.0 Å². The minimum absolute atomic E-state index is 0.365. The molecule has 0 radical (unpaired) electrons. The van der Waals surface area contributed by atoms with Gasteiger partial charge in [0.1, 0.15) is 16.2 Å². The first kappa shape index (κ1) is 11.7. The average molecular weight is 270 g/mol. The third kappa shape index (κ3) is 2.17. The molecular weight excluding hydrogens is 260 g/mol. The normalized spacial score (nSPS) is 10.7. The Bertz CT molecular complexity index is 739. The van der Waals surface area contributed by atoms with E-state index in [1.54, 1.807) is 18.5 Å². The predicted octanol–water partition coefficient (Wildman–Crippen LogP) is 2.21. The number of hydrogen-bond acceptors (Lipinski definition) is 4. The molecule has 0 saturated carbocycles. The number of pyridine rings is 2. The Hall–Kier alpha value is -2.34. The standard InChI is InChI=1S/C13H10N4OS/c14-13(18)11-12(19-9-5-1-2-6-15-9)10-8(17-11)4-3-7-16-10/h1-7,17H,(H2,14,18). The van der Waals surface area contributed by atoms with E-state index in [1.807, 2.05) is 24.3 Å². The van der Waals surface area contributed by atoms with Crippen LogP contribution in [0.4, 0.5) is 0 Å². The number of fused-ring (bicyclic) bond motifs is 1. The van der Waals surface area contributed by atoms with Crippen molar-refractivity contribution in [3.63, 3.8) is 0 Å². The van der Waals surface area contributed by atoms with Crippen molar-refractivity contribution in [3.05, 3.63) is 48.4 Å². The number of amides is 1. The van der Waals surface area contributed by atoms with Gasteiger partial charge in [-0.3, -0.25) is 9.78 Å². The van der Waals surface area contributed by atoms with Crippen molar-refractivity contribution in [1.29, 1.82) is 0 Å². The SMILES string of the molecule is NC(=O)c1[nH]c2cccnc2c1Sc1ccccn1. The maximum absolute atomic E-state index is 11.5. The number of rotatable bonds is 3. The number of carbonyl (C=O) groups excluding carboxylic acids is 1. The van der Waals surface area contributed by atoms with E-state index < -0.39 is 5.91 Å². The zero-order valence-electron chi connectivity index (χ0n) is 9.83. The van der Waals surface area contributed by atoms with Crippen LogP contribution in [0, 0.1) is 0 Å². The Kier molecular flexibility index (Phi) is 2.92. The van der Waals surface area contributed by atoms with E-state index in [9.17, 15) is 4.79 Å². The number of primary amides is 1. The van der Waals surface area contributed by atoms with Crippen LogP contribution in [0.1, 0.15) is 10.5 Å². The fourth-order valence-electron chi connectivity index (χ4n) is 1.78. The Balaban J connectivity index is 2.15. The summed E-state index contributed by atoms with van der Waals surface area (Å²) in [6.45, 7) is 0. The monoisotopic (exact) mass is 270 g/mol. The highest BCUT2D eigenvalue weighted by Crippen LogP contribution is 2.34. The predicted molar refractivity (Wildman–Crippen MR) is 73.0 cm³/mol. The summed E-state index contributed by atoms with van der Waals surface area (Å²) in [6, 6.07) is 9.27. The van der Waals surface area contributed by atoms with E-state index in [0.717, 1.165) is 16.1 Å². The molecule has 0 saturated heterocycles.